The number of carbonyl (C=O) groups excluding carboxylic acids is 3. The first kappa shape index (κ1) is 24.5. The van der Waals surface area contributed by atoms with Crippen molar-refractivity contribution in [2.24, 2.45) is 5.92 Å². The normalized spacial score (nSPS) is 14.7. The maximum atomic E-state index is 13.2. The number of anilines is 1. The number of rotatable bonds is 7. The summed E-state index contributed by atoms with van der Waals surface area (Å²) in [4.78, 5) is 40.5. The van der Waals surface area contributed by atoms with Crippen molar-refractivity contribution in [1.29, 1.82) is 0 Å². The highest BCUT2D eigenvalue weighted by Crippen LogP contribution is 2.24. The molecule has 1 saturated heterocycles. The third kappa shape index (κ3) is 6.49. The number of carbonyl (C=O) groups is 3. The second-order valence-electron chi connectivity index (χ2n) is 8.63. The van der Waals surface area contributed by atoms with Gasteiger partial charge in [0.25, 0.3) is 5.91 Å². The SMILES string of the molecule is O=C(N[C@@H](CC(=O)N1CCC(C(=O)Nc2ccccc2)CC1)c1ccccc1)c1ccccc1Cl. The molecule has 2 N–H and O–H groups in total. The molecule has 0 aromatic heterocycles. The molecule has 180 valence electrons. The number of halogens is 1. The number of likely N-dealkylation sites (tertiary alicyclic amines) is 1. The number of hydrogen-bond donors (Lipinski definition) is 2. The van der Waals surface area contributed by atoms with Crippen LogP contribution in [0.2, 0.25) is 5.02 Å². The Balaban J connectivity index is 1.37. The molecule has 1 aliphatic rings. The zero-order chi connectivity index (χ0) is 24.6. The minimum absolute atomic E-state index is 0.0162. The van der Waals surface area contributed by atoms with E-state index >= 15 is 0 Å². The van der Waals surface area contributed by atoms with Gasteiger partial charge in [0.15, 0.2) is 0 Å². The maximum absolute atomic E-state index is 13.2. The fourth-order valence-corrected chi connectivity index (χ4v) is 4.50. The first-order valence-electron chi connectivity index (χ1n) is 11.8. The highest BCUT2D eigenvalue weighted by molar-refractivity contribution is 6.33. The van der Waals surface area contributed by atoms with Crippen LogP contribution in [0.4, 0.5) is 5.69 Å². The van der Waals surface area contributed by atoms with E-state index in [1.54, 1.807) is 29.2 Å². The van der Waals surface area contributed by atoms with Gasteiger partial charge in [0.2, 0.25) is 11.8 Å². The predicted molar refractivity (Wildman–Crippen MR) is 137 cm³/mol. The highest BCUT2D eigenvalue weighted by Gasteiger charge is 2.29. The van der Waals surface area contributed by atoms with Crippen molar-refractivity contribution in [3.8, 4) is 0 Å². The number of nitrogens with one attached hydrogen (secondary N) is 2. The lowest BCUT2D eigenvalue weighted by Crippen LogP contribution is -2.43. The summed E-state index contributed by atoms with van der Waals surface area (Å²) < 4.78 is 0. The molecule has 1 atom stereocenters. The van der Waals surface area contributed by atoms with E-state index in [-0.39, 0.29) is 30.1 Å². The quantitative estimate of drug-likeness (QED) is 0.486. The Morgan fingerprint density at radius 2 is 1.46 bits per heavy atom. The molecule has 0 radical (unpaired) electrons. The van der Waals surface area contributed by atoms with Crippen LogP contribution in [0, 0.1) is 5.92 Å². The van der Waals surface area contributed by atoms with Crippen molar-refractivity contribution in [3.05, 3.63) is 101 Å². The minimum Gasteiger partial charge on any atom is -0.345 e. The van der Waals surface area contributed by atoms with Gasteiger partial charge in [-0.05, 0) is 42.7 Å². The standard InChI is InChI=1S/C28H28ClN3O3/c29-24-14-8-7-13-23(24)28(35)31-25(20-9-3-1-4-10-20)19-26(33)32-17-15-21(16-18-32)27(34)30-22-11-5-2-6-12-22/h1-14,21,25H,15-19H2,(H,30,34)(H,31,35)/t25-/m0/s1. The summed E-state index contributed by atoms with van der Waals surface area (Å²) in [5, 5.41) is 6.29. The Morgan fingerprint density at radius 3 is 2.11 bits per heavy atom. The first-order valence-corrected chi connectivity index (χ1v) is 12.1. The average molecular weight is 490 g/mol. The van der Waals surface area contributed by atoms with Gasteiger partial charge in [-0.2, -0.15) is 0 Å². The molecule has 6 nitrogen and oxygen atoms in total. The summed E-state index contributed by atoms with van der Waals surface area (Å²) in [6.45, 7) is 1.01. The zero-order valence-corrected chi connectivity index (χ0v) is 20.1. The molecule has 0 bridgehead atoms. The zero-order valence-electron chi connectivity index (χ0n) is 19.3. The van der Waals surface area contributed by atoms with Crippen LogP contribution in [0.3, 0.4) is 0 Å². The number of benzene rings is 3. The molecule has 3 aromatic rings. The van der Waals surface area contributed by atoms with Gasteiger partial charge in [-0.15, -0.1) is 0 Å². The average Bonchev–Trinajstić information content (AvgIpc) is 2.89. The third-order valence-corrected chi connectivity index (χ3v) is 6.59. The molecule has 1 heterocycles. The fraction of sp³-hybridized carbons (Fsp3) is 0.250. The molecule has 0 spiro atoms. The number of nitrogens with zero attached hydrogens (tertiary/aromatic N) is 1. The molecular weight excluding hydrogens is 462 g/mol. The summed E-state index contributed by atoms with van der Waals surface area (Å²) in [7, 11) is 0. The van der Waals surface area contributed by atoms with Gasteiger partial charge in [0, 0.05) is 24.7 Å². The van der Waals surface area contributed by atoms with Crippen LogP contribution in [0.15, 0.2) is 84.9 Å². The molecule has 0 unspecified atom stereocenters. The van der Waals surface area contributed by atoms with Gasteiger partial charge in [-0.3, -0.25) is 14.4 Å². The van der Waals surface area contributed by atoms with Crippen LogP contribution < -0.4 is 10.6 Å². The predicted octanol–water partition coefficient (Wildman–Crippen LogP) is 5.08. The summed E-state index contributed by atoms with van der Waals surface area (Å²) in [5.74, 6) is -0.532. The van der Waals surface area contributed by atoms with E-state index in [9.17, 15) is 14.4 Å². The van der Waals surface area contributed by atoms with Crippen molar-refractivity contribution in [3.63, 3.8) is 0 Å². The molecule has 7 heteroatoms. The number of hydrogen-bond acceptors (Lipinski definition) is 3. The Labute approximate surface area is 210 Å². The summed E-state index contributed by atoms with van der Waals surface area (Å²) in [6, 6.07) is 25.2. The van der Waals surface area contributed by atoms with Gasteiger partial charge in [-0.25, -0.2) is 0 Å². The smallest absolute Gasteiger partial charge is 0.253 e. The van der Waals surface area contributed by atoms with Gasteiger partial charge in [0.1, 0.15) is 0 Å². The van der Waals surface area contributed by atoms with Crippen molar-refractivity contribution in [2.75, 3.05) is 18.4 Å². The van der Waals surface area contributed by atoms with E-state index in [1.165, 1.54) is 0 Å². The van der Waals surface area contributed by atoms with Crippen LogP contribution in [0.1, 0.15) is 41.2 Å². The van der Waals surface area contributed by atoms with Crippen molar-refractivity contribution in [2.45, 2.75) is 25.3 Å². The molecule has 1 fully saturated rings. The van der Waals surface area contributed by atoms with Crippen LogP contribution >= 0.6 is 11.6 Å². The van der Waals surface area contributed by atoms with Crippen LogP contribution in [-0.4, -0.2) is 35.7 Å². The van der Waals surface area contributed by atoms with Crippen LogP contribution in [0.5, 0.6) is 0 Å². The molecule has 0 aliphatic carbocycles. The number of piperidine rings is 1. The number of amides is 3. The van der Waals surface area contributed by atoms with Crippen molar-refractivity contribution < 1.29 is 14.4 Å². The second-order valence-corrected chi connectivity index (χ2v) is 9.04. The molecule has 3 aromatic carbocycles. The molecule has 35 heavy (non-hydrogen) atoms. The van der Waals surface area contributed by atoms with E-state index in [4.69, 9.17) is 11.6 Å². The molecular formula is C28H28ClN3O3. The largest absolute Gasteiger partial charge is 0.345 e. The Kier molecular flexibility index (Phi) is 8.16. The summed E-state index contributed by atoms with van der Waals surface area (Å²) in [6.07, 6.45) is 1.33. The Hall–Kier alpha value is -3.64. The fourth-order valence-electron chi connectivity index (χ4n) is 4.28. The number of para-hydroxylation sites is 1. The van der Waals surface area contributed by atoms with Gasteiger partial charge in [-0.1, -0.05) is 72.3 Å². The lowest BCUT2D eigenvalue weighted by molar-refractivity contribution is -0.135. The minimum atomic E-state index is -0.494. The molecule has 4 rings (SSSR count). The second kappa shape index (κ2) is 11.7. The lowest BCUT2D eigenvalue weighted by Gasteiger charge is -2.32. The highest BCUT2D eigenvalue weighted by atomic mass is 35.5. The van der Waals surface area contributed by atoms with E-state index in [2.05, 4.69) is 10.6 Å². The van der Waals surface area contributed by atoms with E-state index < -0.39 is 6.04 Å². The van der Waals surface area contributed by atoms with Gasteiger partial charge < -0.3 is 15.5 Å². The molecule has 0 saturated carbocycles. The first-order chi connectivity index (χ1) is 17.0. The topological polar surface area (TPSA) is 78.5 Å². The Bertz CT molecular complexity index is 1160. The molecule has 3 amide bonds. The maximum Gasteiger partial charge on any atom is 0.253 e. The van der Waals surface area contributed by atoms with Crippen LogP contribution in [0.25, 0.3) is 0 Å². The van der Waals surface area contributed by atoms with Crippen molar-refractivity contribution in [1.82, 2.24) is 10.2 Å². The van der Waals surface area contributed by atoms with E-state index in [1.807, 2.05) is 60.7 Å². The van der Waals surface area contributed by atoms with Crippen molar-refractivity contribution >= 4 is 35.0 Å². The van der Waals surface area contributed by atoms with Gasteiger partial charge >= 0.3 is 0 Å². The van der Waals surface area contributed by atoms with E-state index in [0.717, 1.165) is 11.3 Å². The van der Waals surface area contributed by atoms with Crippen LogP contribution in [-0.2, 0) is 9.59 Å². The molecule has 1 aliphatic heterocycles. The lowest BCUT2D eigenvalue weighted by atomic mass is 9.94. The Morgan fingerprint density at radius 1 is 0.857 bits per heavy atom. The monoisotopic (exact) mass is 489 g/mol. The summed E-state index contributed by atoms with van der Waals surface area (Å²) in [5.41, 5.74) is 1.99. The van der Waals surface area contributed by atoms with Gasteiger partial charge in [0.05, 0.1) is 23.0 Å². The summed E-state index contributed by atoms with van der Waals surface area (Å²) >= 11 is 6.20. The van der Waals surface area contributed by atoms with E-state index in [0.29, 0.717) is 36.5 Å². The third-order valence-electron chi connectivity index (χ3n) is 6.26.